The number of anilines is 1. The van der Waals surface area contributed by atoms with Gasteiger partial charge in [0.2, 0.25) is 5.91 Å². The third kappa shape index (κ3) is 3.12. The van der Waals surface area contributed by atoms with Gasteiger partial charge in [-0.15, -0.1) is 8.78 Å². The number of carboxylic acid groups (broad SMARTS) is 1. The summed E-state index contributed by atoms with van der Waals surface area (Å²) in [6.45, 7) is 0. The summed E-state index contributed by atoms with van der Waals surface area (Å²) < 4.78 is 34.0. The summed E-state index contributed by atoms with van der Waals surface area (Å²) in [5, 5.41) is 10.8. The molecule has 7 nitrogen and oxygen atoms in total. The van der Waals surface area contributed by atoms with Gasteiger partial charge in [0.25, 0.3) is 0 Å². The number of halogens is 2. The van der Waals surface area contributed by atoms with Crippen LogP contribution in [-0.2, 0) is 9.59 Å². The first-order valence-corrected chi connectivity index (χ1v) is 5.45. The number of amides is 1. The number of nitrogens with two attached hydrogens (primary N) is 1. The van der Waals surface area contributed by atoms with Crippen LogP contribution >= 0.6 is 0 Å². The molecule has 1 unspecified atom stereocenters. The van der Waals surface area contributed by atoms with Crippen LogP contribution in [0.3, 0.4) is 0 Å². The van der Waals surface area contributed by atoms with E-state index < -0.39 is 30.6 Å². The third-order valence-corrected chi connectivity index (χ3v) is 2.40. The van der Waals surface area contributed by atoms with Crippen LogP contribution in [0.1, 0.15) is 6.42 Å². The second kappa shape index (κ2) is 4.93. The van der Waals surface area contributed by atoms with Gasteiger partial charge in [0.05, 0.1) is 12.5 Å². The van der Waals surface area contributed by atoms with Crippen molar-refractivity contribution in [3.05, 3.63) is 18.2 Å². The highest BCUT2D eigenvalue weighted by Gasteiger charge is 2.43. The van der Waals surface area contributed by atoms with E-state index in [-0.39, 0.29) is 17.2 Å². The smallest absolute Gasteiger partial charge is 0.481 e. The molecule has 2 rings (SSSR count). The summed E-state index contributed by atoms with van der Waals surface area (Å²) in [4.78, 5) is 22.0. The summed E-state index contributed by atoms with van der Waals surface area (Å²) in [5.74, 6) is -2.38. The zero-order valence-corrected chi connectivity index (χ0v) is 9.93. The maximum Gasteiger partial charge on any atom is 0.586 e. The summed E-state index contributed by atoms with van der Waals surface area (Å²) >= 11 is 0. The van der Waals surface area contributed by atoms with Crippen LogP contribution in [0.2, 0.25) is 0 Å². The lowest BCUT2D eigenvalue weighted by Crippen LogP contribution is -2.37. The predicted molar refractivity (Wildman–Crippen MR) is 61.5 cm³/mol. The van der Waals surface area contributed by atoms with Crippen molar-refractivity contribution < 1.29 is 33.0 Å². The van der Waals surface area contributed by atoms with E-state index in [9.17, 15) is 18.4 Å². The van der Waals surface area contributed by atoms with Crippen LogP contribution in [0.15, 0.2) is 18.2 Å². The van der Waals surface area contributed by atoms with Crippen LogP contribution in [0.5, 0.6) is 11.5 Å². The number of rotatable bonds is 4. The fourth-order valence-electron chi connectivity index (χ4n) is 1.54. The normalized spacial score (nSPS) is 16.6. The van der Waals surface area contributed by atoms with Crippen molar-refractivity contribution in [2.45, 2.75) is 18.8 Å². The molecule has 1 aromatic carbocycles. The molecule has 9 heteroatoms. The van der Waals surface area contributed by atoms with Gasteiger partial charge >= 0.3 is 12.3 Å². The maximum atomic E-state index is 12.8. The molecule has 20 heavy (non-hydrogen) atoms. The first-order chi connectivity index (χ1) is 9.27. The van der Waals surface area contributed by atoms with E-state index in [0.717, 1.165) is 6.07 Å². The number of ether oxygens (including phenoxy) is 2. The summed E-state index contributed by atoms with van der Waals surface area (Å²) in [6.07, 6.45) is -4.29. The molecule has 1 heterocycles. The highest BCUT2D eigenvalue weighted by Crippen LogP contribution is 2.42. The van der Waals surface area contributed by atoms with Crippen molar-refractivity contribution in [2.75, 3.05) is 5.32 Å². The second-order valence-electron chi connectivity index (χ2n) is 4.02. The molecule has 0 spiro atoms. The summed E-state index contributed by atoms with van der Waals surface area (Å²) in [5.41, 5.74) is 5.49. The topological polar surface area (TPSA) is 111 Å². The predicted octanol–water partition coefficient (Wildman–Crippen LogP) is 0.749. The largest absolute Gasteiger partial charge is 0.586 e. The number of aliphatic carboxylic acids is 1. The number of alkyl halides is 2. The minimum absolute atomic E-state index is 0.135. The lowest BCUT2D eigenvalue weighted by molar-refractivity contribution is -0.286. The van der Waals surface area contributed by atoms with E-state index in [1.807, 2.05) is 0 Å². The van der Waals surface area contributed by atoms with Gasteiger partial charge in [0.15, 0.2) is 11.5 Å². The molecule has 1 aromatic rings. The molecule has 0 bridgehead atoms. The number of hydrogen-bond donors (Lipinski definition) is 3. The van der Waals surface area contributed by atoms with Gasteiger partial charge in [-0.1, -0.05) is 0 Å². The molecule has 0 aromatic heterocycles. The molecule has 108 valence electrons. The van der Waals surface area contributed by atoms with Crippen molar-refractivity contribution in [3.63, 3.8) is 0 Å². The highest BCUT2D eigenvalue weighted by molar-refractivity contribution is 5.96. The first kappa shape index (κ1) is 14.0. The molecular weight excluding hydrogens is 278 g/mol. The monoisotopic (exact) mass is 288 g/mol. The van der Waals surface area contributed by atoms with Crippen molar-refractivity contribution in [1.82, 2.24) is 0 Å². The van der Waals surface area contributed by atoms with E-state index in [0.29, 0.717) is 0 Å². The molecule has 1 aliphatic rings. The van der Waals surface area contributed by atoms with Crippen LogP contribution in [0.25, 0.3) is 0 Å². The Balaban J connectivity index is 2.05. The molecule has 0 aliphatic carbocycles. The third-order valence-electron chi connectivity index (χ3n) is 2.40. The van der Waals surface area contributed by atoms with Crippen LogP contribution in [0.4, 0.5) is 14.5 Å². The Hall–Kier alpha value is -2.42. The van der Waals surface area contributed by atoms with Gasteiger partial charge in [0.1, 0.15) is 0 Å². The average Bonchev–Trinajstić information content (AvgIpc) is 2.61. The second-order valence-corrected chi connectivity index (χ2v) is 4.02. The fraction of sp³-hybridized carbons (Fsp3) is 0.273. The van der Waals surface area contributed by atoms with Crippen LogP contribution in [-0.4, -0.2) is 29.3 Å². The number of hydrogen-bond acceptors (Lipinski definition) is 5. The highest BCUT2D eigenvalue weighted by atomic mass is 19.3. The molecule has 0 saturated heterocycles. The lowest BCUT2D eigenvalue weighted by atomic mass is 10.2. The van der Waals surface area contributed by atoms with Crippen LogP contribution in [0, 0.1) is 0 Å². The lowest BCUT2D eigenvalue weighted by Gasteiger charge is -2.10. The van der Waals surface area contributed by atoms with Gasteiger partial charge < -0.3 is 25.6 Å². The Kier molecular flexibility index (Phi) is 3.45. The summed E-state index contributed by atoms with van der Waals surface area (Å²) in [7, 11) is 0. The molecule has 0 radical (unpaired) electrons. The van der Waals surface area contributed by atoms with Gasteiger partial charge in [0, 0.05) is 11.8 Å². The molecular formula is C11H10F2N2O5. The van der Waals surface area contributed by atoms with Crippen molar-refractivity contribution in [2.24, 2.45) is 5.73 Å². The van der Waals surface area contributed by atoms with Gasteiger partial charge in [-0.2, -0.15) is 0 Å². The Labute approximate surface area is 111 Å². The molecule has 1 atom stereocenters. The SMILES string of the molecule is NC(CC(=O)O)C(=O)Nc1ccc2c(c1)OC(F)(F)O2. The Morgan fingerprint density at radius 2 is 2.00 bits per heavy atom. The van der Waals surface area contributed by atoms with Crippen molar-refractivity contribution in [3.8, 4) is 11.5 Å². The molecule has 0 saturated carbocycles. The Bertz CT molecular complexity index is 564. The van der Waals surface area contributed by atoms with E-state index >= 15 is 0 Å². The average molecular weight is 288 g/mol. The number of benzene rings is 1. The van der Waals surface area contributed by atoms with Gasteiger partial charge in [-0.25, -0.2) is 0 Å². The van der Waals surface area contributed by atoms with Crippen LogP contribution < -0.4 is 20.5 Å². The minimum Gasteiger partial charge on any atom is -0.481 e. The quantitative estimate of drug-likeness (QED) is 0.754. The Morgan fingerprint density at radius 1 is 1.35 bits per heavy atom. The number of carbonyl (C=O) groups excluding carboxylic acids is 1. The molecule has 1 amide bonds. The number of carbonyl (C=O) groups is 2. The Morgan fingerprint density at radius 3 is 2.65 bits per heavy atom. The minimum atomic E-state index is -3.75. The molecule has 4 N–H and O–H groups in total. The van der Waals surface area contributed by atoms with E-state index in [1.54, 1.807) is 0 Å². The van der Waals surface area contributed by atoms with Gasteiger partial charge in [-0.05, 0) is 12.1 Å². The van der Waals surface area contributed by atoms with E-state index in [2.05, 4.69) is 14.8 Å². The zero-order chi connectivity index (χ0) is 14.9. The number of nitrogens with one attached hydrogen (secondary N) is 1. The van der Waals surface area contributed by atoms with Crippen molar-refractivity contribution in [1.29, 1.82) is 0 Å². The van der Waals surface area contributed by atoms with Crippen molar-refractivity contribution >= 4 is 17.6 Å². The molecule has 0 fully saturated rings. The first-order valence-electron chi connectivity index (χ1n) is 5.45. The van der Waals surface area contributed by atoms with E-state index in [4.69, 9.17) is 10.8 Å². The standard InChI is InChI=1S/C11H10F2N2O5/c12-11(13)19-7-2-1-5(3-8(7)20-11)15-10(18)6(14)4-9(16)17/h1-3,6H,4,14H2,(H,15,18)(H,16,17). The summed E-state index contributed by atoms with van der Waals surface area (Å²) in [6, 6.07) is 2.37. The molecule has 1 aliphatic heterocycles. The zero-order valence-electron chi connectivity index (χ0n) is 9.93. The van der Waals surface area contributed by atoms with E-state index in [1.165, 1.54) is 12.1 Å². The number of fused-ring (bicyclic) bond motifs is 1. The fourth-order valence-corrected chi connectivity index (χ4v) is 1.54. The maximum absolute atomic E-state index is 12.8. The number of carboxylic acids is 1. The van der Waals surface area contributed by atoms with Gasteiger partial charge in [-0.3, -0.25) is 9.59 Å².